The Morgan fingerprint density at radius 2 is 1.93 bits per heavy atom. The Hall–Kier alpha value is -1.00. The summed E-state index contributed by atoms with van der Waals surface area (Å²) in [6.45, 7) is 5.83. The van der Waals surface area contributed by atoms with Crippen molar-refractivity contribution in [3.8, 4) is 0 Å². The van der Waals surface area contributed by atoms with Gasteiger partial charge in [-0.15, -0.1) is 4.91 Å². The molecule has 0 aromatic heterocycles. The molecule has 15 heavy (non-hydrogen) atoms. The lowest BCUT2D eigenvalue weighted by molar-refractivity contribution is -0.549. The van der Waals surface area contributed by atoms with Gasteiger partial charge in [0, 0.05) is 11.3 Å². The number of nitroso groups, excluding NO2 is 1. The molecule has 0 spiro atoms. The summed E-state index contributed by atoms with van der Waals surface area (Å²) in [4.78, 5) is 21.6. The van der Waals surface area contributed by atoms with Crippen LogP contribution in [-0.4, -0.2) is 16.5 Å². The molecule has 5 heteroatoms. The first-order valence-corrected chi connectivity index (χ1v) is 5.32. The van der Waals surface area contributed by atoms with E-state index in [1.165, 1.54) is 0 Å². The summed E-state index contributed by atoms with van der Waals surface area (Å²) in [5.41, 5.74) is -0.975. The van der Waals surface area contributed by atoms with E-state index < -0.39 is 11.6 Å². The van der Waals surface area contributed by atoms with E-state index in [4.69, 9.17) is 0 Å². The summed E-state index contributed by atoms with van der Waals surface area (Å²) >= 11 is 0. The lowest BCUT2D eigenvalue weighted by Crippen LogP contribution is -2.67. The zero-order chi connectivity index (χ0) is 11.4. The second-order valence-electron chi connectivity index (χ2n) is 5.66. The molecule has 2 bridgehead atoms. The molecular formula is C10H16N2O3. The second-order valence-corrected chi connectivity index (χ2v) is 5.66. The van der Waals surface area contributed by atoms with Crippen LogP contribution in [0.1, 0.15) is 33.6 Å². The first-order chi connectivity index (χ1) is 6.84. The van der Waals surface area contributed by atoms with Crippen molar-refractivity contribution in [2.45, 2.75) is 45.2 Å². The molecule has 3 rings (SSSR count). The highest BCUT2D eigenvalue weighted by Crippen LogP contribution is 2.64. The van der Waals surface area contributed by atoms with Crippen molar-refractivity contribution in [2.24, 2.45) is 22.4 Å². The summed E-state index contributed by atoms with van der Waals surface area (Å²) in [5.74, 6) is 0.448. The van der Waals surface area contributed by atoms with Crippen LogP contribution in [-0.2, 0) is 0 Å². The van der Waals surface area contributed by atoms with Crippen LogP contribution < -0.4 is 0 Å². The maximum atomic E-state index is 11.0. The fourth-order valence-electron chi connectivity index (χ4n) is 3.57. The number of hydrogen-bond acceptors (Lipinski definition) is 4. The largest absolute Gasteiger partial charge is 0.264 e. The maximum absolute atomic E-state index is 11.0. The lowest BCUT2D eigenvalue weighted by Gasteiger charge is -2.61. The average Bonchev–Trinajstić information content (AvgIpc) is 2.16. The zero-order valence-electron chi connectivity index (χ0n) is 9.27. The van der Waals surface area contributed by atoms with E-state index in [0.717, 1.165) is 6.42 Å². The molecule has 0 aliphatic heterocycles. The fourth-order valence-corrected chi connectivity index (χ4v) is 3.57. The zero-order valence-corrected chi connectivity index (χ0v) is 9.27. The molecule has 0 aromatic rings. The first-order valence-electron chi connectivity index (χ1n) is 5.32. The molecule has 3 aliphatic carbocycles. The van der Waals surface area contributed by atoms with Crippen molar-refractivity contribution in [3.05, 3.63) is 15.0 Å². The smallest absolute Gasteiger partial charge is 0.241 e. The topological polar surface area (TPSA) is 72.6 Å². The highest BCUT2D eigenvalue weighted by atomic mass is 16.6. The SMILES string of the molecule is CC1(C)[C@@H]2C[C@H]([N+](=O)[O-])C(C)(N=O)[C@H]1C2. The maximum Gasteiger partial charge on any atom is 0.241 e. The molecule has 1 unspecified atom stereocenters. The van der Waals surface area contributed by atoms with Gasteiger partial charge in [-0.3, -0.25) is 10.1 Å². The van der Waals surface area contributed by atoms with Gasteiger partial charge in [-0.1, -0.05) is 19.0 Å². The third-order valence-electron chi connectivity index (χ3n) is 4.81. The predicted molar refractivity (Wildman–Crippen MR) is 55.0 cm³/mol. The Bertz CT molecular complexity index is 329. The van der Waals surface area contributed by atoms with Gasteiger partial charge in [0.2, 0.25) is 6.04 Å². The standard InChI is InChI=1S/C10H16N2O3/c1-9(2)6-4-7(9)10(3,11-13)8(5-6)12(14)15/h6-8H,4-5H2,1-3H3/t6-,7-,8-,10?/m0/s1. The van der Waals surface area contributed by atoms with Crippen molar-refractivity contribution >= 4 is 0 Å². The van der Waals surface area contributed by atoms with Crippen LogP contribution in [0.15, 0.2) is 5.18 Å². The molecule has 3 saturated carbocycles. The van der Waals surface area contributed by atoms with Crippen LogP contribution in [0, 0.1) is 32.3 Å². The number of fused-ring (bicyclic) bond motifs is 2. The monoisotopic (exact) mass is 212 g/mol. The highest BCUT2D eigenvalue weighted by molar-refractivity contribution is 5.15. The molecule has 3 fully saturated rings. The molecule has 0 N–H and O–H groups in total. The summed E-state index contributed by atoms with van der Waals surface area (Å²) in [7, 11) is 0. The Kier molecular flexibility index (Phi) is 1.94. The third-order valence-corrected chi connectivity index (χ3v) is 4.81. The summed E-state index contributed by atoms with van der Waals surface area (Å²) < 4.78 is 0. The van der Waals surface area contributed by atoms with Gasteiger partial charge >= 0.3 is 0 Å². The van der Waals surface area contributed by atoms with Crippen molar-refractivity contribution < 1.29 is 4.92 Å². The van der Waals surface area contributed by atoms with Gasteiger partial charge in [-0.05, 0) is 30.6 Å². The minimum absolute atomic E-state index is 0.0369. The molecule has 0 amide bonds. The third kappa shape index (κ3) is 1.09. The summed E-state index contributed by atoms with van der Waals surface area (Å²) in [6.07, 6.45) is 1.42. The van der Waals surface area contributed by atoms with E-state index in [-0.39, 0.29) is 16.3 Å². The average molecular weight is 212 g/mol. The van der Waals surface area contributed by atoms with Crippen LogP contribution in [0.25, 0.3) is 0 Å². The number of hydrogen-bond donors (Lipinski definition) is 0. The van der Waals surface area contributed by atoms with E-state index in [0.29, 0.717) is 12.3 Å². The van der Waals surface area contributed by atoms with E-state index in [1.54, 1.807) is 6.92 Å². The highest BCUT2D eigenvalue weighted by Gasteiger charge is 2.68. The Balaban J connectivity index is 2.36. The molecule has 4 atom stereocenters. The van der Waals surface area contributed by atoms with Crippen molar-refractivity contribution in [2.75, 3.05) is 0 Å². The molecule has 3 aliphatic rings. The van der Waals surface area contributed by atoms with Crippen LogP contribution >= 0.6 is 0 Å². The van der Waals surface area contributed by atoms with Gasteiger partial charge in [-0.2, -0.15) is 0 Å². The van der Waals surface area contributed by atoms with Crippen molar-refractivity contribution in [1.29, 1.82) is 0 Å². The van der Waals surface area contributed by atoms with E-state index >= 15 is 0 Å². The van der Waals surface area contributed by atoms with Gasteiger partial charge < -0.3 is 0 Å². The Labute approximate surface area is 88.4 Å². The minimum atomic E-state index is -1.01. The van der Waals surface area contributed by atoms with E-state index in [9.17, 15) is 15.0 Å². The van der Waals surface area contributed by atoms with E-state index in [2.05, 4.69) is 19.0 Å². The lowest BCUT2D eigenvalue weighted by atomic mass is 9.42. The number of nitrogens with zero attached hydrogens (tertiary/aromatic N) is 2. The molecule has 5 nitrogen and oxygen atoms in total. The molecule has 84 valence electrons. The van der Waals surface area contributed by atoms with Gasteiger partial charge in [0.1, 0.15) is 0 Å². The van der Waals surface area contributed by atoms with Gasteiger partial charge in [0.15, 0.2) is 5.54 Å². The Morgan fingerprint density at radius 3 is 2.33 bits per heavy atom. The molecule has 0 radical (unpaired) electrons. The van der Waals surface area contributed by atoms with Crippen LogP contribution in [0.3, 0.4) is 0 Å². The van der Waals surface area contributed by atoms with E-state index in [1.807, 2.05) is 0 Å². The van der Waals surface area contributed by atoms with Gasteiger partial charge in [0.05, 0.1) is 0 Å². The fraction of sp³-hybridized carbons (Fsp3) is 1.00. The van der Waals surface area contributed by atoms with Crippen LogP contribution in [0.4, 0.5) is 0 Å². The molecular weight excluding hydrogens is 196 g/mol. The molecule has 0 heterocycles. The van der Waals surface area contributed by atoms with Crippen LogP contribution in [0.5, 0.6) is 0 Å². The quantitative estimate of drug-likeness (QED) is 0.400. The van der Waals surface area contributed by atoms with Crippen molar-refractivity contribution in [1.82, 2.24) is 0 Å². The predicted octanol–water partition coefficient (Wildman–Crippen LogP) is 2.22. The van der Waals surface area contributed by atoms with Gasteiger partial charge in [-0.25, -0.2) is 0 Å². The summed E-state index contributed by atoms with van der Waals surface area (Å²) in [6, 6.07) is -0.785. The number of nitro groups is 1. The second kappa shape index (κ2) is 2.77. The number of rotatable bonds is 2. The van der Waals surface area contributed by atoms with Crippen molar-refractivity contribution in [3.63, 3.8) is 0 Å². The summed E-state index contributed by atoms with van der Waals surface area (Å²) in [5, 5.41) is 14.0. The molecule has 0 saturated heterocycles. The first kappa shape index (κ1) is 10.5. The minimum Gasteiger partial charge on any atom is -0.264 e. The molecule has 0 aromatic carbocycles. The van der Waals surface area contributed by atoms with Crippen LogP contribution in [0.2, 0.25) is 0 Å². The van der Waals surface area contributed by atoms with Gasteiger partial charge in [0.25, 0.3) is 0 Å². The Morgan fingerprint density at radius 1 is 1.33 bits per heavy atom. The normalized spacial score (nSPS) is 46.7.